The average molecular weight is 343 g/mol. The van der Waals surface area contributed by atoms with E-state index in [9.17, 15) is 14.7 Å². The summed E-state index contributed by atoms with van der Waals surface area (Å²) in [4.78, 5) is 28.6. The summed E-state index contributed by atoms with van der Waals surface area (Å²) in [5, 5.41) is 9.36. The van der Waals surface area contributed by atoms with Gasteiger partial charge in [-0.3, -0.25) is 9.59 Å². The van der Waals surface area contributed by atoms with Crippen molar-refractivity contribution in [3.05, 3.63) is 47.8 Å². The monoisotopic (exact) mass is 343 g/mol. The summed E-state index contributed by atoms with van der Waals surface area (Å²) in [6.45, 7) is 0.00258. The van der Waals surface area contributed by atoms with Gasteiger partial charge in [0.25, 0.3) is 0 Å². The lowest BCUT2D eigenvalue weighted by atomic mass is 10.0. The third kappa shape index (κ3) is 3.77. The maximum Gasteiger partial charge on any atom is 0.232 e. The molecule has 1 aliphatic heterocycles. The number of carbonyl (C=O) groups excluding carboxylic acids is 2. The van der Waals surface area contributed by atoms with E-state index in [1.54, 1.807) is 30.3 Å². The highest BCUT2D eigenvalue weighted by atomic mass is 16.7. The van der Waals surface area contributed by atoms with Gasteiger partial charge in [0, 0.05) is 24.6 Å². The number of Topliss-reactive ketones (excluding diaryl/α,β-unsaturated/α-hetero) is 2. The smallest absolute Gasteiger partial charge is 0.232 e. The van der Waals surface area contributed by atoms with Crippen LogP contribution < -0.4 is 14.2 Å². The van der Waals surface area contributed by atoms with Gasteiger partial charge in [0.15, 0.2) is 29.7 Å². The van der Waals surface area contributed by atoms with Crippen LogP contribution in [0.4, 0.5) is 0 Å². The Bertz CT molecular complexity index is 804. The maximum atomic E-state index is 12.3. The first-order valence-electron chi connectivity index (χ1n) is 7.75. The zero-order valence-electron chi connectivity index (χ0n) is 13.6. The SMILES string of the molecule is COc1cccnc1C(=O)CCC(=O)c1ccc2c(c1)OCC(O)O2. The number of ether oxygens (including phenoxy) is 3. The van der Waals surface area contributed by atoms with Gasteiger partial charge in [0.2, 0.25) is 6.29 Å². The highest BCUT2D eigenvalue weighted by Crippen LogP contribution is 2.32. The normalized spacial score (nSPS) is 15.5. The quantitative estimate of drug-likeness (QED) is 0.802. The molecule has 1 N–H and O–H groups in total. The molecule has 0 fully saturated rings. The van der Waals surface area contributed by atoms with Crippen LogP contribution in [-0.4, -0.2) is 41.7 Å². The first kappa shape index (κ1) is 16.9. The molecule has 1 aromatic carbocycles. The summed E-state index contributed by atoms with van der Waals surface area (Å²) < 4.78 is 15.6. The Morgan fingerprint density at radius 3 is 2.84 bits per heavy atom. The van der Waals surface area contributed by atoms with Gasteiger partial charge >= 0.3 is 0 Å². The summed E-state index contributed by atoms with van der Waals surface area (Å²) in [5.74, 6) is 0.712. The second-order valence-corrected chi connectivity index (χ2v) is 5.45. The van der Waals surface area contributed by atoms with Gasteiger partial charge in [0.1, 0.15) is 11.4 Å². The molecule has 3 rings (SSSR count). The van der Waals surface area contributed by atoms with Crippen molar-refractivity contribution < 1.29 is 28.9 Å². The Labute approximate surface area is 144 Å². The van der Waals surface area contributed by atoms with E-state index < -0.39 is 6.29 Å². The molecule has 1 unspecified atom stereocenters. The molecular formula is C18H17NO6. The number of fused-ring (bicyclic) bond motifs is 1. The van der Waals surface area contributed by atoms with Crippen LogP contribution in [0.15, 0.2) is 36.5 Å². The minimum absolute atomic E-state index is 0.00258. The van der Waals surface area contributed by atoms with Crippen LogP contribution in [-0.2, 0) is 0 Å². The van der Waals surface area contributed by atoms with Gasteiger partial charge in [-0.1, -0.05) is 0 Å². The largest absolute Gasteiger partial charge is 0.494 e. The van der Waals surface area contributed by atoms with Crippen LogP contribution in [0.1, 0.15) is 33.7 Å². The first-order valence-corrected chi connectivity index (χ1v) is 7.75. The van der Waals surface area contributed by atoms with Gasteiger partial charge in [-0.05, 0) is 30.3 Å². The molecule has 0 amide bonds. The summed E-state index contributed by atoms with van der Waals surface area (Å²) in [5.41, 5.74) is 0.633. The molecule has 1 aliphatic rings. The van der Waals surface area contributed by atoms with Crippen molar-refractivity contribution >= 4 is 11.6 Å². The van der Waals surface area contributed by atoms with E-state index in [2.05, 4.69) is 4.98 Å². The predicted molar refractivity (Wildman–Crippen MR) is 87.3 cm³/mol. The fourth-order valence-electron chi connectivity index (χ4n) is 2.49. The number of hydrogen-bond acceptors (Lipinski definition) is 7. The van der Waals surface area contributed by atoms with E-state index in [4.69, 9.17) is 14.2 Å². The fraction of sp³-hybridized carbons (Fsp3) is 0.278. The lowest BCUT2D eigenvalue weighted by Gasteiger charge is -2.22. The third-order valence-electron chi connectivity index (χ3n) is 3.74. The molecule has 130 valence electrons. The van der Waals surface area contributed by atoms with Crippen LogP contribution in [0.3, 0.4) is 0 Å². The Kier molecular flexibility index (Phi) is 4.95. The summed E-state index contributed by atoms with van der Waals surface area (Å²) in [7, 11) is 1.46. The van der Waals surface area contributed by atoms with Crippen molar-refractivity contribution in [2.75, 3.05) is 13.7 Å². The standard InChI is InChI=1S/C18H17NO6/c1-23-15-3-2-8-19-18(15)13(21)6-5-12(20)11-4-7-14-16(9-11)24-10-17(22)25-14/h2-4,7-9,17,22H,5-6,10H2,1H3. The summed E-state index contributed by atoms with van der Waals surface area (Å²) in [6.07, 6.45) is 0.563. The Balaban J connectivity index is 1.66. The molecule has 2 heterocycles. The van der Waals surface area contributed by atoms with Crippen molar-refractivity contribution in [3.63, 3.8) is 0 Å². The van der Waals surface area contributed by atoms with E-state index >= 15 is 0 Å². The van der Waals surface area contributed by atoms with Gasteiger partial charge < -0.3 is 19.3 Å². The maximum absolute atomic E-state index is 12.3. The van der Waals surface area contributed by atoms with Crippen molar-refractivity contribution in [1.82, 2.24) is 4.98 Å². The van der Waals surface area contributed by atoms with Crippen LogP contribution in [0.5, 0.6) is 17.2 Å². The molecule has 0 saturated heterocycles. The van der Waals surface area contributed by atoms with Crippen molar-refractivity contribution in [3.8, 4) is 17.2 Å². The molecule has 1 atom stereocenters. The lowest BCUT2D eigenvalue weighted by Crippen LogP contribution is -2.28. The highest BCUT2D eigenvalue weighted by molar-refractivity contribution is 6.02. The van der Waals surface area contributed by atoms with Crippen LogP contribution in [0, 0.1) is 0 Å². The van der Waals surface area contributed by atoms with Gasteiger partial charge in [-0.25, -0.2) is 4.98 Å². The number of ketones is 2. The molecule has 0 saturated carbocycles. The number of carbonyl (C=O) groups is 2. The van der Waals surface area contributed by atoms with E-state index in [1.165, 1.54) is 13.3 Å². The number of aliphatic hydroxyl groups is 1. The average Bonchev–Trinajstić information content (AvgIpc) is 2.65. The van der Waals surface area contributed by atoms with Gasteiger partial charge in [-0.15, -0.1) is 0 Å². The number of methoxy groups -OCH3 is 1. The van der Waals surface area contributed by atoms with Gasteiger partial charge in [0.05, 0.1) is 7.11 Å². The molecule has 0 bridgehead atoms. The number of hydrogen-bond donors (Lipinski definition) is 1. The van der Waals surface area contributed by atoms with Crippen molar-refractivity contribution in [2.45, 2.75) is 19.1 Å². The molecule has 0 radical (unpaired) electrons. The van der Waals surface area contributed by atoms with Crippen LogP contribution in [0.25, 0.3) is 0 Å². The minimum Gasteiger partial charge on any atom is -0.494 e. The number of nitrogens with zero attached hydrogens (tertiary/aromatic N) is 1. The zero-order chi connectivity index (χ0) is 17.8. The number of aliphatic hydroxyl groups excluding tert-OH is 1. The second kappa shape index (κ2) is 7.31. The Morgan fingerprint density at radius 1 is 1.24 bits per heavy atom. The molecule has 7 heteroatoms. The lowest BCUT2D eigenvalue weighted by molar-refractivity contribution is -0.0670. The van der Waals surface area contributed by atoms with Gasteiger partial charge in [-0.2, -0.15) is 0 Å². The summed E-state index contributed by atoms with van der Waals surface area (Å²) in [6, 6.07) is 8.02. The topological polar surface area (TPSA) is 95.0 Å². The fourth-order valence-corrected chi connectivity index (χ4v) is 2.49. The predicted octanol–water partition coefficient (Wildman–Crippen LogP) is 2.03. The highest BCUT2D eigenvalue weighted by Gasteiger charge is 2.21. The third-order valence-corrected chi connectivity index (χ3v) is 3.74. The Hall–Kier alpha value is -2.93. The first-order chi connectivity index (χ1) is 12.1. The minimum atomic E-state index is -1.01. The molecular weight excluding hydrogens is 326 g/mol. The van der Waals surface area contributed by atoms with Crippen LogP contribution >= 0.6 is 0 Å². The molecule has 25 heavy (non-hydrogen) atoms. The van der Waals surface area contributed by atoms with Crippen LogP contribution in [0.2, 0.25) is 0 Å². The molecule has 0 spiro atoms. The number of pyridine rings is 1. The molecule has 1 aromatic heterocycles. The van der Waals surface area contributed by atoms with E-state index in [0.717, 1.165) is 0 Å². The van der Waals surface area contributed by atoms with Crippen molar-refractivity contribution in [1.29, 1.82) is 0 Å². The molecule has 7 nitrogen and oxygen atoms in total. The second-order valence-electron chi connectivity index (χ2n) is 5.45. The number of aromatic nitrogens is 1. The number of rotatable bonds is 6. The number of benzene rings is 1. The van der Waals surface area contributed by atoms with E-state index in [-0.39, 0.29) is 36.7 Å². The zero-order valence-corrected chi connectivity index (χ0v) is 13.6. The molecule has 0 aliphatic carbocycles. The Morgan fingerprint density at radius 2 is 2.04 bits per heavy atom. The van der Waals surface area contributed by atoms with E-state index in [0.29, 0.717) is 22.8 Å². The van der Waals surface area contributed by atoms with Crippen molar-refractivity contribution in [2.24, 2.45) is 0 Å². The van der Waals surface area contributed by atoms with E-state index in [1.807, 2.05) is 0 Å². The molecule has 2 aromatic rings. The summed E-state index contributed by atoms with van der Waals surface area (Å²) >= 11 is 0.